The molecular formula is C22H22N2O4. The van der Waals surface area contributed by atoms with Crippen molar-refractivity contribution >= 4 is 11.9 Å². The van der Waals surface area contributed by atoms with E-state index >= 15 is 0 Å². The lowest BCUT2D eigenvalue weighted by molar-refractivity contribution is -0.138. The number of hydrogen-bond acceptors (Lipinski definition) is 4. The Morgan fingerprint density at radius 2 is 1.89 bits per heavy atom. The molecule has 28 heavy (non-hydrogen) atoms. The third-order valence-corrected chi connectivity index (χ3v) is 6.34. The second-order valence-electron chi connectivity index (χ2n) is 7.79. The van der Waals surface area contributed by atoms with E-state index in [1.807, 2.05) is 35.2 Å². The predicted octanol–water partition coefficient (Wildman–Crippen LogP) is 2.66. The van der Waals surface area contributed by atoms with Crippen molar-refractivity contribution < 1.29 is 19.4 Å². The zero-order valence-electron chi connectivity index (χ0n) is 15.5. The van der Waals surface area contributed by atoms with Crippen molar-refractivity contribution in [3.8, 4) is 0 Å². The number of amides is 1. The minimum Gasteiger partial charge on any atom is -0.478 e. The first-order valence-electron chi connectivity index (χ1n) is 9.66. The van der Waals surface area contributed by atoms with Gasteiger partial charge in [0.15, 0.2) is 5.72 Å². The van der Waals surface area contributed by atoms with Crippen LogP contribution in [0.15, 0.2) is 54.6 Å². The molecule has 3 heterocycles. The van der Waals surface area contributed by atoms with Crippen LogP contribution in [-0.2, 0) is 16.1 Å². The zero-order chi connectivity index (χ0) is 19.3. The first-order chi connectivity index (χ1) is 13.6. The summed E-state index contributed by atoms with van der Waals surface area (Å²) in [5.41, 5.74) is 1.92. The maximum absolute atomic E-state index is 12.9. The number of carboxylic acid groups (broad SMARTS) is 1. The van der Waals surface area contributed by atoms with Gasteiger partial charge in [0.25, 0.3) is 0 Å². The SMILES string of the molecule is O=C(O)c1ccc(CN2CC[C@@]34OC[C@@H](c5ccccc5)N3C(=O)C[C@@H]24)cc1. The van der Waals surface area contributed by atoms with E-state index in [0.29, 0.717) is 19.6 Å². The second-order valence-corrected chi connectivity index (χ2v) is 7.79. The van der Waals surface area contributed by atoms with Gasteiger partial charge in [0, 0.05) is 25.9 Å². The van der Waals surface area contributed by atoms with Crippen molar-refractivity contribution in [1.82, 2.24) is 9.80 Å². The molecule has 0 aromatic heterocycles. The lowest BCUT2D eigenvalue weighted by Crippen LogP contribution is -2.48. The van der Waals surface area contributed by atoms with Crippen molar-refractivity contribution in [2.75, 3.05) is 13.2 Å². The van der Waals surface area contributed by atoms with Crippen LogP contribution in [0.5, 0.6) is 0 Å². The molecule has 2 aromatic rings. The first kappa shape index (κ1) is 17.4. The molecule has 3 aliphatic heterocycles. The lowest BCUT2D eigenvalue weighted by Gasteiger charge is -2.33. The van der Waals surface area contributed by atoms with Gasteiger partial charge >= 0.3 is 5.97 Å². The number of nitrogens with zero attached hydrogens (tertiary/aromatic N) is 2. The Hall–Kier alpha value is -2.70. The van der Waals surface area contributed by atoms with E-state index in [9.17, 15) is 9.59 Å². The van der Waals surface area contributed by atoms with E-state index in [-0.39, 0.29) is 23.6 Å². The van der Waals surface area contributed by atoms with Crippen LogP contribution >= 0.6 is 0 Å². The number of benzene rings is 2. The van der Waals surface area contributed by atoms with Gasteiger partial charge in [-0.15, -0.1) is 0 Å². The van der Waals surface area contributed by atoms with Crippen LogP contribution in [0.25, 0.3) is 0 Å². The van der Waals surface area contributed by atoms with E-state index in [1.165, 1.54) is 0 Å². The Bertz CT molecular complexity index is 914. The van der Waals surface area contributed by atoms with E-state index in [2.05, 4.69) is 17.0 Å². The summed E-state index contributed by atoms with van der Waals surface area (Å²) in [6.07, 6.45) is 1.27. The largest absolute Gasteiger partial charge is 0.478 e. The van der Waals surface area contributed by atoms with E-state index in [1.54, 1.807) is 12.1 Å². The number of ether oxygens (including phenoxy) is 1. The molecule has 3 aliphatic rings. The fraction of sp³-hybridized carbons (Fsp3) is 0.364. The summed E-state index contributed by atoms with van der Waals surface area (Å²) in [7, 11) is 0. The number of carbonyl (C=O) groups excluding carboxylic acids is 1. The molecular weight excluding hydrogens is 356 g/mol. The third-order valence-electron chi connectivity index (χ3n) is 6.34. The molecule has 6 heteroatoms. The van der Waals surface area contributed by atoms with Gasteiger partial charge in [-0.1, -0.05) is 42.5 Å². The van der Waals surface area contributed by atoms with Crippen LogP contribution in [0, 0.1) is 0 Å². The summed E-state index contributed by atoms with van der Waals surface area (Å²) in [5.74, 6) is -0.766. The number of rotatable bonds is 4. The molecule has 0 aliphatic carbocycles. The smallest absolute Gasteiger partial charge is 0.335 e. The molecule has 1 N–H and O–H groups in total. The molecule has 0 radical (unpaired) electrons. The van der Waals surface area contributed by atoms with Gasteiger partial charge in [-0.25, -0.2) is 4.79 Å². The summed E-state index contributed by atoms with van der Waals surface area (Å²) in [6.45, 7) is 2.08. The van der Waals surface area contributed by atoms with Gasteiger partial charge < -0.3 is 14.7 Å². The number of carboxylic acids is 1. The molecule has 5 rings (SSSR count). The van der Waals surface area contributed by atoms with E-state index in [0.717, 1.165) is 24.1 Å². The molecule has 0 unspecified atom stereocenters. The van der Waals surface area contributed by atoms with Crippen LogP contribution in [-0.4, -0.2) is 51.7 Å². The summed E-state index contributed by atoms with van der Waals surface area (Å²) >= 11 is 0. The summed E-state index contributed by atoms with van der Waals surface area (Å²) in [4.78, 5) is 28.3. The van der Waals surface area contributed by atoms with Gasteiger partial charge in [0.1, 0.15) is 0 Å². The quantitative estimate of drug-likeness (QED) is 0.886. The molecule has 1 amide bonds. The molecule has 2 aromatic carbocycles. The van der Waals surface area contributed by atoms with Gasteiger partial charge in [0.05, 0.1) is 24.3 Å². The lowest BCUT2D eigenvalue weighted by atomic mass is 10.0. The maximum atomic E-state index is 12.9. The number of likely N-dealkylation sites (tertiary alicyclic amines) is 1. The average Bonchev–Trinajstić information content (AvgIpc) is 3.33. The van der Waals surface area contributed by atoms with Crippen LogP contribution in [0.4, 0.5) is 0 Å². The van der Waals surface area contributed by atoms with Crippen LogP contribution in [0.1, 0.15) is 40.4 Å². The van der Waals surface area contributed by atoms with E-state index < -0.39 is 11.7 Å². The first-order valence-corrected chi connectivity index (χ1v) is 9.66. The highest BCUT2D eigenvalue weighted by Crippen LogP contribution is 2.51. The molecule has 3 saturated heterocycles. The van der Waals surface area contributed by atoms with E-state index in [4.69, 9.17) is 9.84 Å². The Balaban J connectivity index is 1.38. The van der Waals surface area contributed by atoms with Gasteiger partial charge in [-0.05, 0) is 23.3 Å². The normalized spacial score (nSPS) is 29.1. The van der Waals surface area contributed by atoms with Gasteiger partial charge in [-0.2, -0.15) is 0 Å². The van der Waals surface area contributed by atoms with Gasteiger partial charge in [0.2, 0.25) is 5.91 Å². The molecule has 0 bridgehead atoms. The molecule has 0 saturated carbocycles. The van der Waals surface area contributed by atoms with Crippen molar-refractivity contribution in [3.05, 3.63) is 71.3 Å². The topological polar surface area (TPSA) is 70.1 Å². The second kappa shape index (κ2) is 6.43. The monoisotopic (exact) mass is 378 g/mol. The molecule has 1 spiro atoms. The molecule has 144 valence electrons. The molecule has 3 atom stereocenters. The highest BCUT2D eigenvalue weighted by atomic mass is 16.5. The van der Waals surface area contributed by atoms with Crippen molar-refractivity contribution in [3.63, 3.8) is 0 Å². The number of carbonyl (C=O) groups is 2. The highest BCUT2D eigenvalue weighted by molar-refractivity contribution is 5.87. The Kier molecular flexibility index (Phi) is 4.00. The van der Waals surface area contributed by atoms with Crippen LogP contribution < -0.4 is 0 Å². The minimum absolute atomic E-state index is 0.0199. The zero-order valence-corrected chi connectivity index (χ0v) is 15.5. The predicted molar refractivity (Wildman–Crippen MR) is 102 cm³/mol. The molecule has 3 fully saturated rings. The Labute approximate surface area is 163 Å². The van der Waals surface area contributed by atoms with Crippen molar-refractivity contribution in [2.24, 2.45) is 0 Å². The maximum Gasteiger partial charge on any atom is 0.335 e. The summed E-state index contributed by atoms with van der Waals surface area (Å²) in [5, 5.41) is 9.06. The van der Waals surface area contributed by atoms with Gasteiger partial charge in [-0.3, -0.25) is 9.69 Å². The summed E-state index contributed by atoms with van der Waals surface area (Å²) in [6, 6.07) is 17.1. The van der Waals surface area contributed by atoms with Crippen LogP contribution in [0.2, 0.25) is 0 Å². The Morgan fingerprint density at radius 1 is 1.14 bits per heavy atom. The Morgan fingerprint density at radius 3 is 2.61 bits per heavy atom. The fourth-order valence-corrected chi connectivity index (χ4v) is 5.03. The third kappa shape index (κ3) is 2.56. The molecule has 6 nitrogen and oxygen atoms in total. The minimum atomic E-state index is -0.921. The number of aromatic carboxylic acids is 1. The van der Waals surface area contributed by atoms with Crippen molar-refractivity contribution in [2.45, 2.75) is 37.2 Å². The average molecular weight is 378 g/mol. The standard InChI is InChI=1S/C22H22N2O4/c25-20-12-19-22(24(20)18(14-28-22)16-4-2-1-3-5-16)10-11-23(19)13-15-6-8-17(9-7-15)21(26)27/h1-9,18-19H,10-14H2,(H,26,27)/t18-,19+,22-/m0/s1. The van der Waals surface area contributed by atoms with Crippen molar-refractivity contribution in [1.29, 1.82) is 0 Å². The fourth-order valence-electron chi connectivity index (χ4n) is 5.03. The van der Waals surface area contributed by atoms with Crippen LogP contribution in [0.3, 0.4) is 0 Å². The highest BCUT2D eigenvalue weighted by Gasteiger charge is 2.64. The summed E-state index contributed by atoms with van der Waals surface area (Å²) < 4.78 is 6.33. The number of hydrogen-bond donors (Lipinski definition) is 1.